The van der Waals surface area contributed by atoms with E-state index >= 15 is 0 Å². The number of hydrogen-bond donors (Lipinski definition) is 1. The van der Waals surface area contributed by atoms with E-state index in [9.17, 15) is 34.8 Å². The van der Waals surface area contributed by atoms with Gasteiger partial charge in [-0.25, -0.2) is 0 Å². The highest BCUT2D eigenvalue weighted by molar-refractivity contribution is 7.93. The highest BCUT2D eigenvalue weighted by Gasteiger charge is 2.46. The molecular weight excluding hydrogens is 509 g/mol. The molecule has 8 nitrogen and oxygen atoms in total. The maximum absolute atomic E-state index is 13.0. The highest BCUT2D eigenvalue weighted by Crippen LogP contribution is 2.34. The van der Waals surface area contributed by atoms with E-state index in [1.165, 1.54) is 52.1 Å². The largest absolute Gasteiger partial charge is 0.516 e. The van der Waals surface area contributed by atoms with E-state index < -0.39 is 31.6 Å². The van der Waals surface area contributed by atoms with Crippen LogP contribution < -0.4 is 8.91 Å². The van der Waals surface area contributed by atoms with Crippen molar-refractivity contribution in [3.63, 3.8) is 0 Å². The molecule has 4 rings (SSSR count). The first-order valence-electron chi connectivity index (χ1n) is 9.96. The van der Waals surface area contributed by atoms with Crippen molar-refractivity contribution in [3.8, 4) is 5.75 Å². The average molecular weight is 527 g/mol. The van der Waals surface area contributed by atoms with Crippen molar-refractivity contribution in [2.24, 2.45) is 0 Å². The molecule has 0 saturated heterocycles. The molecule has 0 aliphatic carbocycles. The zero-order chi connectivity index (χ0) is 25.4. The monoisotopic (exact) mass is 526 g/mol. The quantitative estimate of drug-likeness (QED) is 0.468. The minimum absolute atomic E-state index is 0.0463. The second-order valence-electron chi connectivity index (χ2n) is 7.55. The molecule has 184 valence electrons. The predicted molar refractivity (Wildman–Crippen MR) is 119 cm³/mol. The smallest absolute Gasteiger partial charge is 0.378 e. The van der Waals surface area contributed by atoms with Crippen LogP contribution in [0, 0.1) is 0 Å². The maximum Gasteiger partial charge on any atom is 0.516 e. The number of nitrogens with zero attached hydrogens (tertiary/aromatic N) is 1. The molecular formula is C22H17F3N2O6S2. The van der Waals surface area contributed by atoms with Gasteiger partial charge in [-0.1, -0.05) is 42.5 Å². The number of carbonyl (C=O) groups is 1. The topological polar surface area (TPSA) is 110 Å². The van der Waals surface area contributed by atoms with E-state index in [4.69, 9.17) is 4.18 Å². The summed E-state index contributed by atoms with van der Waals surface area (Å²) in [6.07, 6.45) is 0. The number of amides is 1. The van der Waals surface area contributed by atoms with Gasteiger partial charge in [0.15, 0.2) is 5.75 Å². The molecule has 3 aromatic rings. The van der Waals surface area contributed by atoms with Crippen LogP contribution in [-0.4, -0.2) is 33.2 Å². The molecule has 0 radical (unpaired) electrons. The van der Waals surface area contributed by atoms with Crippen LogP contribution >= 0.6 is 0 Å². The summed E-state index contributed by atoms with van der Waals surface area (Å²) in [7, 11) is -9.72. The van der Waals surface area contributed by atoms with Crippen LogP contribution in [0.3, 0.4) is 0 Å². The number of nitrogens with one attached hydrogen (secondary N) is 1. The van der Waals surface area contributed by atoms with Crippen LogP contribution in [0.5, 0.6) is 5.75 Å². The van der Waals surface area contributed by atoms with Crippen molar-refractivity contribution in [3.05, 3.63) is 89.5 Å². The highest BCUT2D eigenvalue weighted by atomic mass is 32.2. The molecule has 1 aliphatic heterocycles. The molecule has 0 fully saturated rings. The number of benzene rings is 3. The number of alkyl halides is 3. The van der Waals surface area contributed by atoms with E-state index in [0.29, 0.717) is 11.1 Å². The Kier molecular flexibility index (Phi) is 6.23. The van der Waals surface area contributed by atoms with Crippen LogP contribution in [-0.2, 0) is 33.2 Å². The standard InChI is InChI=1S/C22H17F3N2O6S2/c23-22(24,25)35(31,32)26-17-11-9-15(10-12-17)13-27-14-16-5-4-8-19(20(16)21(27)28)33-34(29,30)18-6-2-1-3-7-18/h1-12,26H,13-14H2. The summed E-state index contributed by atoms with van der Waals surface area (Å²) in [6.45, 7) is 0.198. The van der Waals surface area contributed by atoms with E-state index in [2.05, 4.69) is 0 Å². The first-order valence-corrected chi connectivity index (χ1v) is 12.9. The third kappa shape index (κ3) is 5.10. The van der Waals surface area contributed by atoms with E-state index in [1.807, 2.05) is 0 Å². The summed E-state index contributed by atoms with van der Waals surface area (Å²) in [5, 5.41) is 0. The molecule has 35 heavy (non-hydrogen) atoms. The van der Waals surface area contributed by atoms with Crippen molar-refractivity contribution >= 4 is 31.7 Å². The van der Waals surface area contributed by atoms with Gasteiger partial charge in [-0.05, 0) is 41.5 Å². The van der Waals surface area contributed by atoms with Gasteiger partial charge in [0.25, 0.3) is 5.91 Å². The molecule has 13 heteroatoms. The average Bonchev–Trinajstić information content (AvgIpc) is 3.11. The minimum atomic E-state index is -5.55. The molecule has 1 heterocycles. The third-order valence-electron chi connectivity index (χ3n) is 5.09. The van der Waals surface area contributed by atoms with Gasteiger partial charge in [0.05, 0.1) is 5.56 Å². The van der Waals surface area contributed by atoms with Crippen molar-refractivity contribution in [1.29, 1.82) is 0 Å². The molecule has 0 unspecified atom stereocenters. The Labute approximate surface area is 199 Å². The lowest BCUT2D eigenvalue weighted by molar-refractivity contribution is -0.0429. The Hall–Kier alpha value is -3.58. The summed E-state index contributed by atoms with van der Waals surface area (Å²) in [4.78, 5) is 14.4. The van der Waals surface area contributed by atoms with Gasteiger partial charge in [0.2, 0.25) is 0 Å². The molecule has 1 aliphatic rings. The summed E-state index contributed by atoms with van der Waals surface area (Å²) in [5.41, 5.74) is -4.58. The van der Waals surface area contributed by atoms with Crippen molar-refractivity contribution in [2.45, 2.75) is 23.5 Å². The van der Waals surface area contributed by atoms with E-state index in [-0.39, 0.29) is 35.0 Å². The Morgan fingerprint density at radius 1 is 0.886 bits per heavy atom. The molecule has 0 spiro atoms. The lowest BCUT2D eigenvalue weighted by Gasteiger charge is -2.16. The normalized spacial score (nSPS) is 14.0. The Balaban J connectivity index is 1.50. The molecule has 1 N–H and O–H groups in total. The van der Waals surface area contributed by atoms with Crippen molar-refractivity contribution in [1.82, 2.24) is 4.90 Å². The van der Waals surface area contributed by atoms with Gasteiger partial charge in [-0.15, -0.1) is 0 Å². The maximum atomic E-state index is 13.0. The fourth-order valence-corrected chi connectivity index (χ4v) is 4.97. The van der Waals surface area contributed by atoms with Crippen LogP contribution in [0.2, 0.25) is 0 Å². The van der Waals surface area contributed by atoms with Crippen LogP contribution in [0.15, 0.2) is 77.7 Å². The first kappa shape index (κ1) is 24.5. The Morgan fingerprint density at radius 2 is 1.54 bits per heavy atom. The molecule has 0 atom stereocenters. The molecule has 0 aromatic heterocycles. The number of halogens is 3. The molecule has 1 amide bonds. The van der Waals surface area contributed by atoms with E-state index in [1.54, 1.807) is 18.2 Å². The van der Waals surface area contributed by atoms with Crippen LogP contribution in [0.25, 0.3) is 0 Å². The van der Waals surface area contributed by atoms with Gasteiger partial charge in [-0.2, -0.15) is 30.0 Å². The molecule has 3 aromatic carbocycles. The number of hydrogen-bond acceptors (Lipinski definition) is 6. The third-order valence-corrected chi connectivity index (χ3v) is 7.45. The Morgan fingerprint density at radius 3 is 2.17 bits per heavy atom. The predicted octanol–water partition coefficient (Wildman–Crippen LogP) is 3.87. The van der Waals surface area contributed by atoms with Gasteiger partial charge in [0, 0.05) is 18.8 Å². The van der Waals surface area contributed by atoms with Crippen LogP contribution in [0.4, 0.5) is 18.9 Å². The van der Waals surface area contributed by atoms with Crippen molar-refractivity contribution < 1.29 is 39.0 Å². The fourth-order valence-electron chi connectivity index (χ4n) is 3.45. The van der Waals surface area contributed by atoms with Gasteiger partial charge >= 0.3 is 25.6 Å². The SMILES string of the molecule is O=C1c2c(cccc2OS(=O)(=O)c2ccccc2)CN1Cc1ccc(NS(=O)(=O)C(F)(F)F)cc1. The lowest BCUT2D eigenvalue weighted by Crippen LogP contribution is -2.29. The van der Waals surface area contributed by atoms with Gasteiger partial charge in [0.1, 0.15) is 4.90 Å². The van der Waals surface area contributed by atoms with Crippen LogP contribution in [0.1, 0.15) is 21.5 Å². The van der Waals surface area contributed by atoms with Crippen molar-refractivity contribution in [2.75, 3.05) is 4.72 Å². The Bertz CT molecular complexity index is 1470. The summed E-state index contributed by atoms with van der Waals surface area (Å²) in [6, 6.07) is 17.1. The van der Waals surface area contributed by atoms with E-state index in [0.717, 1.165) is 12.1 Å². The zero-order valence-corrected chi connectivity index (χ0v) is 19.3. The number of rotatable bonds is 7. The second-order valence-corrected chi connectivity index (χ2v) is 10.8. The number of anilines is 1. The summed E-state index contributed by atoms with van der Waals surface area (Å²) >= 11 is 0. The van der Waals surface area contributed by atoms with Gasteiger partial charge in [-0.3, -0.25) is 9.52 Å². The number of fused-ring (bicyclic) bond motifs is 1. The minimum Gasteiger partial charge on any atom is -0.378 e. The molecule has 0 bridgehead atoms. The number of carbonyl (C=O) groups excluding carboxylic acids is 1. The summed E-state index contributed by atoms with van der Waals surface area (Å²) in [5.74, 6) is -0.600. The fraction of sp³-hybridized carbons (Fsp3) is 0.136. The van der Waals surface area contributed by atoms with Gasteiger partial charge < -0.3 is 9.08 Å². The first-order chi connectivity index (χ1) is 16.4. The molecule has 0 saturated carbocycles. The number of sulfonamides is 1. The summed E-state index contributed by atoms with van der Waals surface area (Å²) < 4.78 is 92.0. The second kappa shape index (κ2) is 8.89. The zero-order valence-electron chi connectivity index (χ0n) is 17.7. The lowest BCUT2D eigenvalue weighted by atomic mass is 10.1.